The largest absolute Gasteiger partial charge is 0.480 e. The third kappa shape index (κ3) is 6.86. The van der Waals surface area contributed by atoms with Gasteiger partial charge in [0, 0.05) is 18.7 Å². The molecule has 2 atom stereocenters. The van der Waals surface area contributed by atoms with Gasteiger partial charge in [-0.1, -0.05) is 0 Å². The summed E-state index contributed by atoms with van der Waals surface area (Å²) in [4.78, 5) is 46.0. The molecule has 0 aromatic heterocycles. The molecular weight excluding hydrogens is 460 g/mol. The molecular formula is C19H26N4O9S. The summed E-state index contributed by atoms with van der Waals surface area (Å²) in [5, 5.41) is 24.7. The number of sulfonamides is 1. The Hall–Kier alpha value is -3.26. The average molecular weight is 487 g/mol. The van der Waals surface area contributed by atoms with E-state index >= 15 is 0 Å². The third-order valence-corrected chi connectivity index (χ3v) is 6.55. The fraction of sp³-hybridized carbons (Fsp3) is 0.526. The summed E-state index contributed by atoms with van der Waals surface area (Å²) in [5.74, 6) is -2.27. The number of benzene rings is 1. The van der Waals surface area contributed by atoms with Crippen LogP contribution in [0, 0.1) is 10.1 Å². The molecule has 1 heterocycles. The summed E-state index contributed by atoms with van der Waals surface area (Å²) in [6, 6.07) is 1.54. The first kappa shape index (κ1) is 26.0. The topological polar surface area (TPSA) is 185 Å². The van der Waals surface area contributed by atoms with Crippen LogP contribution in [0.5, 0.6) is 0 Å². The zero-order valence-electron chi connectivity index (χ0n) is 18.3. The Balaban J connectivity index is 2.11. The number of carboxylic acids is 1. The van der Waals surface area contributed by atoms with Crippen LogP contribution < -0.4 is 10.6 Å². The number of carboxylic acid groups (broad SMARTS) is 1. The molecule has 0 spiro atoms. The number of nitrogens with zero attached hydrogens (tertiary/aromatic N) is 2. The van der Waals surface area contributed by atoms with Gasteiger partial charge in [-0.05, 0) is 45.7 Å². The van der Waals surface area contributed by atoms with Crippen molar-refractivity contribution in [2.24, 2.45) is 0 Å². The van der Waals surface area contributed by atoms with Crippen LogP contribution in [0.4, 0.5) is 10.5 Å². The Bertz CT molecular complexity index is 1020. The molecule has 182 valence electrons. The van der Waals surface area contributed by atoms with E-state index in [1.54, 1.807) is 20.8 Å². The van der Waals surface area contributed by atoms with Gasteiger partial charge in [0.25, 0.3) is 5.69 Å². The monoisotopic (exact) mass is 486 g/mol. The van der Waals surface area contributed by atoms with E-state index in [-0.39, 0.29) is 23.5 Å². The second-order valence-electron chi connectivity index (χ2n) is 8.31. The molecule has 3 N–H and O–H groups in total. The van der Waals surface area contributed by atoms with Crippen LogP contribution in [0.3, 0.4) is 0 Å². The fourth-order valence-corrected chi connectivity index (χ4v) is 4.79. The van der Waals surface area contributed by atoms with Crippen molar-refractivity contribution in [1.29, 1.82) is 0 Å². The van der Waals surface area contributed by atoms with Gasteiger partial charge in [-0.3, -0.25) is 14.9 Å². The minimum atomic E-state index is -4.16. The van der Waals surface area contributed by atoms with Crippen LogP contribution >= 0.6 is 0 Å². The number of nitro benzene ring substituents is 1. The first-order valence-corrected chi connectivity index (χ1v) is 11.4. The molecule has 1 saturated heterocycles. The molecule has 14 heteroatoms. The van der Waals surface area contributed by atoms with Crippen molar-refractivity contribution in [3.05, 3.63) is 34.4 Å². The summed E-state index contributed by atoms with van der Waals surface area (Å²) in [6.07, 6.45) is -0.353. The van der Waals surface area contributed by atoms with Gasteiger partial charge in [0.2, 0.25) is 15.9 Å². The van der Waals surface area contributed by atoms with Gasteiger partial charge in [0.15, 0.2) is 0 Å². The molecule has 33 heavy (non-hydrogen) atoms. The number of aliphatic carboxylic acids is 1. The molecule has 0 radical (unpaired) electrons. The molecule has 0 aliphatic carbocycles. The molecule has 1 aromatic rings. The van der Waals surface area contributed by atoms with Crippen LogP contribution in [0.25, 0.3) is 0 Å². The average Bonchev–Trinajstić information content (AvgIpc) is 3.20. The number of alkyl carbamates (subject to hydrolysis) is 1. The lowest BCUT2D eigenvalue weighted by molar-refractivity contribution is -0.384. The van der Waals surface area contributed by atoms with Gasteiger partial charge in [0.1, 0.15) is 17.7 Å². The van der Waals surface area contributed by atoms with E-state index in [0.29, 0.717) is 6.42 Å². The molecule has 1 aromatic carbocycles. The van der Waals surface area contributed by atoms with Crippen molar-refractivity contribution in [2.45, 2.75) is 56.2 Å². The number of non-ortho nitro benzene ring substituents is 1. The van der Waals surface area contributed by atoms with Gasteiger partial charge in [-0.25, -0.2) is 18.0 Å². The quantitative estimate of drug-likeness (QED) is 0.354. The summed E-state index contributed by atoms with van der Waals surface area (Å²) < 4.78 is 31.9. The van der Waals surface area contributed by atoms with E-state index in [9.17, 15) is 38.0 Å². The summed E-state index contributed by atoms with van der Waals surface area (Å²) in [6.45, 7) is 4.43. The Morgan fingerprint density at radius 3 is 2.39 bits per heavy atom. The van der Waals surface area contributed by atoms with Crippen LogP contribution in [-0.4, -0.2) is 71.5 Å². The standard InChI is InChI=1S/C19H26N4O9S/c1-19(2,3)32-18(27)20-11-14(17(25)26)21-16(24)15-5-4-10-22(15)33(30,31)13-8-6-12(7-9-13)23(28)29/h6-9,14-15H,4-5,10-11H2,1-3H3,(H,20,27)(H,21,24)(H,25,26). The lowest BCUT2D eigenvalue weighted by Gasteiger charge is -2.25. The number of nitrogens with one attached hydrogen (secondary N) is 2. The maximum atomic E-state index is 13.0. The predicted octanol–water partition coefficient (Wildman–Crippen LogP) is 0.842. The van der Waals surface area contributed by atoms with E-state index < -0.39 is 57.1 Å². The molecule has 0 saturated carbocycles. The minimum Gasteiger partial charge on any atom is -0.480 e. The second kappa shape index (κ2) is 10.1. The first-order chi connectivity index (χ1) is 15.2. The normalized spacial score (nSPS) is 17.7. The highest BCUT2D eigenvalue weighted by Gasteiger charge is 2.40. The van der Waals surface area contributed by atoms with E-state index in [2.05, 4.69) is 10.6 Å². The third-order valence-electron chi connectivity index (χ3n) is 4.62. The molecule has 13 nitrogen and oxygen atoms in total. The van der Waals surface area contributed by atoms with Crippen molar-refractivity contribution in [3.63, 3.8) is 0 Å². The van der Waals surface area contributed by atoms with Crippen molar-refractivity contribution < 1.29 is 37.6 Å². The van der Waals surface area contributed by atoms with Crippen LogP contribution in [0.2, 0.25) is 0 Å². The Labute approximate surface area is 190 Å². The fourth-order valence-electron chi connectivity index (χ4n) is 3.13. The van der Waals surface area contributed by atoms with Gasteiger partial charge < -0.3 is 20.5 Å². The van der Waals surface area contributed by atoms with E-state index in [1.807, 2.05) is 0 Å². The summed E-state index contributed by atoms with van der Waals surface area (Å²) in [7, 11) is -4.16. The zero-order chi connectivity index (χ0) is 25.0. The summed E-state index contributed by atoms with van der Waals surface area (Å²) >= 11 is 0. The molecule has 1 aliphatic heterocycles. The molecule has 1 fully saturated rings. The number of nitro groups is 1. The van der Waals surface area contributed by atoms with Gasteiger partial charge in [-0.15, -0.1) is 0 Å². The SMILES string of the molecule is CC(C)(C)OC(=O)NCC(NC(=O)C1CCCN1S(=O)(=O)c1ccc([N+](=O)[O-])cc1)C(=O)O. The number of rotatable bonds is 8. The number of carbonyl (C=O) groups excluding carboxylic acids is 2. The molecule has 1 aliphatic rings. The lowest BCUT2D eigenvalue weighted by Crippen LogP contribution is -2.54. The number of amides is 2. The van der Waals surface area contributed by atoms with Gasteiger partial charge in [0.05, 0.1) is 16.4 Å². The molecule has 0 bridgehead atoms. The molecule has 2 rings (SSSR count). The number of hydrogen-bond donors (Lipinski definition) is 3. The molecule has 2 unspecified atom stereocenters. The summed E-state index contributed by atoms with van der Waals surface area (Å²) in [5.41, 5.74) is -1.09. The highest BCUT2D eigenvalue weighted by molar-refractivity contribution is 7.89. The minimum absolute atomic E-state index is 0.0192. The maximum Gasteiger partial charge on any atom is 0.407 e. The van der Waals surface area contributed by atoms with Crippen molar-refractivity contribution >= 4 is 33.7 Å². The highest BCUT2D eigenvalue weighted by atomic mass is 32.2. The van der Waals surface area contributed by atoms with Crippen molar-refractivity contribution in [2.75, 3.05) is 13.1 Å². The van der Waals surface area contributed by atoms with Crippen molar-refractivity contribution in [3.8, 4) is 0 Å². The Morgan fingerprint density at radius 2 is 1.88 bits per heavy atom. The first-order valence-electron chi connectivity index (χ1n) is 9.98. The van der Waals surface area contributed by atoms with E-state index in [1.165, 1.54) is 0 Å². The number of carbonyl (C=O) groups is 3. The van der Waals surface area contributed by atoms with Crippen LogP contribution in [0.15, 0.2) is 29.2 Å². The second-order valence-corrected chi connectivity index (χ2v) is 10.2. The van der Waals surface area contributed by atoms with Crippen LogP contribution in [-0.2, 0) is 24.3 Å². The zero-order valence-corrected chi connectivity index (χ0v) is 19.1. The van der Waals surface area contributed by atoms with Crippen LogP contribution in [0.1, 0.15) is 33.6 Å². The number of hydrogen-bond acceptors (Lipinski definition) is 8. The predicted molar refractivity (Wildman–Crippen MR) is 114 cm³/mol. The Kier molecular flexibility index (Phi) is 7.97. The van der Waals surface area contributed by atoms with Gasteiger partial charge >= 0.3 is 12.1 Å². The van der Waals surface area contributed by atoms with E-state index in [4.69, 9.17) is 4.74 Å². The molecule has 2 amide bonds. The number of ether oxygens (including phenoxy) is 1. The van der Waals surface area contributed by atoms with Crippen molar-refractivity contribution in [1.82, 2.24) is 14.9 Å². The maximum absolute atomic E-state index is 13.0. The smallest absolute Gasteiger partial charge is 0.407 e. The van der Waals surface area contributed by atoms with Gasteiger partial charge in [-0.2, -0.15) is 4.31 Å². The highest BCUT2D eigenvalue weighted by Crippen LogP contribution is 2.27. The lowest BCUT2D eigenvalue weighted by atomic mass is 10.2. The Morgan fingerprint density at radius 1 is 1.27 bits per heavy atom. The van der Waals surface area contributed by atoms with E-state index in [0.717, 1.165) is 28.6 Å².